The molecule has 2 aromatic rings. The van der Waals surface area contributed by atoms with Crippen molar-refractivity contribution in [2.75, 3.05) is 11.1 Å². The molecule has 0 radical (unpaired) electrons. The lowest BCUT2D eigenvalue weighted by molar-refractivity contribution is 0.102. The highest BCUT2D eigenvalue weighted by molar-refractivity contribution is 6.05. The van der Waals surface area contributed by atoms with Gasteiger partial charge in [-0.2, -0.15) is 0 Å². The molecular formula is C14H11N3O. The summed E-state index contributed by atoms with van der Waals surface area (Å²) < 4.78 is 0. The van der Waals surface area contributed by atoms with Crippen LogP contribution in [0, 0.1) is 6.57 Å². The Morgan fingerprint density at radius 2 is 1.94 bits per heavy atom. The van der Waals surface area contributed by atoms with Crippen LogP contribution in [-0.2, 0) is 0 Å². The summed E-state index contributed by atoms with van der Waals surface area (Å²) in [6, 6.07) is 13.5. The molecule has 0 unspecified atom stereocenters. The second kappa shape index (κ2) is 5.02. The van der Waals surface area contributed by atoms with E-state index in [9.17, 15) is 4.79 Å². The van der Waals surface area contributed by atoms with Crippen molar-refractivity contribution in [3.8, 4) is 0 Å². The first-order valence-corrected chi connectivity index (χ1v) is 5.33. The Morgan fingerprint density at radius 1 is 1.17 bits per heavy atom. The lowest BCUT2D eigenvalue weighted by Crippen LogP contribution is -2.11. The van der Waals surface area contributed by atoms with Crippen LogP contribution in [0.25, 0.3) is 4.85 Å². The molecule has 4 nitrogen and oxygen atoms in total. The molecule has 88 valence electrons. The molecule has 2 rings (SSSR count). The monoisotopic (exact) mass is 237 g/mol. The van der Waals surface area contributed by atoms with Gasteiger partial charge in [-0.3, -0.25) is 4.79 Å². The maximum atomic E-state index is 11.9. The third-order valence-electron chi connectivity index (χ3n) is 2.38. The van der Waals surface area contributed by atoms with Gasteiger partial charge in [0, 0.05) is 16.9 Å². The molecule has 0 heterocycles. The Bertz CT molecular complexity index is 629. The van der Waals surface area contributed by atoms with Gasteiger partial charge in [-0.1, -0.05) is 24.3 Å². The Labute approximate surface area is 105 Å². The van der Waals surface area contributed by atoms with Crippen LogP contribution < -0.4 is 11.1 Å². The van der Waals surface area contributed by atoms with E-state index in [1.54, 1.807) is 48.5 Å². The van der Waals surface area contributed by atoms with E-state index in [0.717, 1.165) is 0 Å². The summed E-state index contributed by atoms with van der Waals surface area (Å²) in [4.78, 5) is 15.2. The van der Waals surface area contributed by atoms with Crippen LogP contribution in [0.3, 0.4) is 0 Å². The maximum Gasteiger partial charge on any atom is 0.254 e. The fourth-order valence-electron chi connectivity index (χ4n) is 1.54. The fourth-order valence-corrected chi connectivity index (χ4v) is 1.54. The molecule has 0 fully saturated rings. The van der Waals surface area contributed by atoms with Crippen LogP contribution in [0.4, 0.5) is 17.1 Å². The van der Waals surface area contributed by atoms with E-state index >= 15 is 0 Å². The van der Waals surface area contributed by atoms with Crippen LogP contribution in [0.15, 0.2) is 48.5 Å². The van der Waals surface area contributed by atoms with Gasteiger partial charge in [0.15, 0.2) is 5.69 Å². The average Bonchev–Trinajstić information content (AvgIpc) is 2.39. The molecule has 0 aromatic heterocycles. The van der Waals surface area contributed by atoms with Crippen LogP contribution >= 0.6 is 0 Å². The van der Waals surface area contributed by atoms with Crippen molar-refractivity contribution in [1.29, 1.82) is 0 Å². The van der Waals surface area contributed by atoms with Crippen LogP contribution in [0.5, 0.6) is 0 Å². The molecule has 0 aliphatic heterocycles. The van der Waals surface area contributed by atoms with Gasteiger partial charge in [-0.15, -0.1) is 0 Å². The summed E-state index contributed by atoms with van der Waals surface area (Å²) in [5.41, 5.74) is 7.74. The maximum absolute atomic E-state index is 11.9. The number of amides is 1. The highest BCUT2D eigenvalue weighted by Gasteiger charge is 2.06. The van der Waals surface area contributed by atoms with Crippen LogP contribution in [-0.4, -0.2) is 5.91 Å². The minimum atomic E-state index is -0.258. The predicted molar refractivity (Wildman–Crippen MR) is 71.5 cm³/mol. The van der Waals surface area contributed by atoms with Gasteiger partial charge in [-0.05, 0) is 24.3 Å². The number of nitrogens with zero attached hydrogens (tertiary/aromatic N) is 1. The second-order valence-electron chi connectivity index (χ2n) is 3.74. The minimum absolute atomic E-state index is 0.258. The standard InChI is InChI=1S/C14H11N3O/c1-16-12-6-2-4-10(8-12)14(18)17-13-7-3-5-11(15)9-13/h2-9H,15H2,(H,17,18). The molecule has 1 amide bonds. The van der Waals surface area contributed by atoms with Gasteiger partial charge in [0.05, 0.1) is 6.57 Å². The molecule has 18 heavy (non-hydrogen) atoms. The van der Waals surface area contributed by atoms with Gasteiger partial charge in [0.2, 0.25) is 0 Å². The van der Waals surface area contributed by atoms with Gasteiger partial charge < -0.3 is 11.1 Å². The van der Waals surface area contributed by atoms with E-state index in [1.165, 1.54) is 0 Å². The number of carbonyl (C=O) groups is 1. The zero-order valence-electron chi connectivity index (χ0n) is 9.55. The molecule has 4 heteroatoms. The quantitative estimate of drug-likeness (QED) is 0.623. The first-order chi connectivity index (χ1) is 8.69. The van der Waals surface area contributed by atoms with Crippen molar-refractivity contribution in [3.63, 3.8) is 0 Å². The van der Waals surface area contributed by atoms with Crippen molar-refractivity contribution in [3.05, 3.63) is 65.5 Å². The number of nitrogen functional groups attached to an aromatic ring is 1. The van der Waals surface area contributed by atoms with Gasteiger partial charge in [-0.25, -0.2) is 4.85 Å². The number of hydrogen-bond donors (Lipinski definition) is 2. The molecule has 0 saturated heterocycles. The summed E-state index contributed by atoms with van der Waals surface area (Å²) in [6.45, 7) is 6.91. The Morgan fingerprint density at radius 3 is 2.67 bits per heavy atom. The summed E-state index contributed by atoms with van der Waals surface area (Å²) in [5.74, 6) is -0.258. The zero-order valence-corrected chi connectivity index (χ0v) is 9.55. The Kier molecular flexibility index (Phi) is 3.26. The van der Waals surface area contributed by atoms with Crippen molar-refractivity contribution in [1.82, 2.24) is 0 Å². The molecule has 3 N–H and O–H groups in total. The molecule has 0 atom stereocenters. The van der Waals surface area contributed by atoms with Crippen LogP contribution in [0.2, 0.25) is 0 Å². The first kappa shape index (κ1) is 11.7. The predicted octanol–water partition coefficient (Wildman–Crippen LogP) is 3.07. The summed E-state index contributed by atoms with van der Waals surface area (Å²) in [5, 5.41) is 2.73. The number of rotatable bonds is 2. The van der Waals surface area contributed by atoms with Crippen molar-refractivity contribution >= 4 is 23.0 Å². The molecule has 0 bridgehead atoms. The lowest BCUT2D eigenvalue weighted by atomic mass is 10.2. The Balaban J connectivity index is 2.20. The molecule has 0 saturated carbocycles. The third kappa shape index (κ3) is 2.66. The average molecular weight is 237 g/mol. The normalized spacial score (nSPS) is 9.50. The number of benzene rings is 2. The number of anilines is 2. The van der Waals surface area contributed by atoms with E-state index < -0.39 is 0 Å². The van der Waals surface area contributed by atoms with Crippen molar-refractivity contribution in [2.45, 2.75) is 0 Å². The van der Waals surface area contributed by atoms with E-state index in [-0.39, 0.29) is 5.91 Å². The highest BCUT2D eigenvalue weighted by atomic mass is 16.1. The molecule has 0 spiro atoms. The molecule has 2 aromatic carbocycles. The summed E-state index contributed by atoms with van der Waals surface area (Å²) in [6.07, 6.45) is 0. The van der Waals surface area contributed by atoms with Gasteiger partial charge in [0.1, 0.15) is 0 Å². The first-order valence-electron chi connectivity index (χ1n) is 5.33. The van der Waals surface area contributed by atoms with Gasteiger partial charge >= 0.3 is 0 Å². The fraction of sp³-hybridized carbons (Fsp3) is 0. The van der Waals surface area contributed by atoms with E-state index in [4.69, 9.17) is 12.3 Å². The molecule has 0 aliphatic rings. The molecule has 0 aliphatic carbocycles. The lowest BCUT2D eigenvalue weighted by Gasteiger charge is -2.06. The summed E-state index contributed by atoms with van der Waals surface area (Å²) >= 11 is 0. The van der Waals surface area contributed by atoms with Crippen molar-refractivity contribution < 1.29 is 4.79 Å². The second-order valence-corrected chi connectivity index (χ2v) is 3.74. The van der Waals surface area contributed by atoms with Crippen molar-refractivity contribution in [2.24, 2.45) is 0 Å². The number of nitrogens with one attached hydrogen (secondary N) is 1. The zero-order chi connectivity index (χ0) is 13.0. The van der Waals surface area contributed by atoms with Gasteiger partial charge in [0.25, 0.3) is 5.91 Å². The number of nitrogens with two attached hydrogens (primary N) is 1. The largest absolute Gasteiger partial charge is 0.399 e. The number of carbonyl (C=O) groups excluding carboxylic acids is 1. The van der Waals surface area contributed by atoms with E-state index in [0.29, 0.717) is 22.6 Å². The van der Waals surface area contributed by atoms with E-state index in [2.05, 4.69) is 10.2 Å². The SMILES string of the molecule is [C-]#[N+]c1cccc(C(=O)Nc2cccc(N)c2)c1. The topological polar surface area (TPSA) is 59.5 Å². The third-order valence-corrected chi connectivity index (χ3v) is 2.38. The highest BCUT2D eigenvalue weighted by Crippen LogP contribution is 2.16. The Hall–Kier alpha value is -2.80. The van der Waals surface area contributed by atoms with E-state index in [1.807, 2.05) is 0 Å². The minimum Gasteiger partial charge on any atom is -0.399 e. The summed E-state index contributed by atoms with van der Waals surface area (Å²) in [7, 11) is 0. The van der Waals surface area contributed by atoms with Crippen LogP contribution in [0.1, 0.15) is 10.4 Å². The number of hydrogen-bond acceptors (Lipinski definition) is 2. The molecular weight excluding hydrogens is 226 g/mol. The smallest absolute Gasteiger partial charge is 0.254 e.